The van der Waals surface area contributed by atoms with Crippen molar-refractivity contribution in [1.29, 1.82) is 0 Å². The lowest BCUT2D eigenvalue weighted by atomic mass is 9.89. The van der Waals surface area contributed by atoms with Crippen molar-refractivity contribution in [3.63, 3.8) is 0 Å². The zero-order valence-corrected chi connectivity index (χ0v) is 21.9. The van der Waals surface area contributed by atoms with Crippen LogP contribution in [0.5, 0.6) is 5.75 Å². The molecule has 3 aromatic rings. The quantitative estimate of drug-likeness (QED) is 0.281. The van der Waals surface area contributed by atoms with Crippen LogP contribution in [0, 0.1) is 5.92 Å². The number of thioether (sulfide) groups is 1. The number of benzene rings is 2. The Morgan fingerprint density at radius 1 is 1.17 bits per heavy atom. The number of para-hydroxylation sites is 1. The highest BCUT2D eigenvalue weighted by Gasteiger charge is 2.22. The SMILES string of the molecule is CCOc1ccc(NCc2nnc(S[C@H](C)C(=O)N/N=C3\CCCC[C@@H]3C)n2-c2ccccc2)cc1. The van der Waals surface area contributed by atoms with E-state index in [-0.39, 0.29) is 11.2 Å². The zero-order valence-electron chi connectivity index (χ0n) is 21.1. The number of nitrogens with one attached hydrogen (secondary N) is 2. The highest BCUT2D eigenvalue weighted by Crippen LogP contribution is 2.27. The van der Waals surface area contributed by atoms with E-state index in [9.17, 15) is 4.79 Å². The Morgan fingerprint density at radius 3 is 2.67 bits per heavy atom. The summed E-state index contributed by atoms with van der Waals surface area (Å²) < 4.78 is 7.51. The maximum Gasteiger partial charge on any atom is 0.253 e. The number of hydrogen-bond acceptors (Lipinski definition) is 7. The molecule has 1 fully saturated rings. The molecule has 0 bridgehead atoms. The van der Waals surface area contributed by atoms with E-state index in [2.05, 4.69) is 33.0 Å². The first-order chi connectivity index (χ1) is 17.5. The third-order valence-electron chi connectivity index (χ3n) is 6.18. The molecule has 0 saturated heterocycles. The summed E-state index contributed by atoms with van der Waals surface area (Å²) >= 11 is 1.37. The van der Waals surface area contributed by atoms with Gasteiger partial charge >= 0.3 is 0 Å². The largest absolute Gasteiger partial charge is 0.494 e. The molecule has 1 aromatic heterocycles. The summed E-state index contributed by atoms with van der Waals surface area (Å²) in [5.41, 5.74) is 5.76. The number of nitrogens with zero attached hydrogens (tertiary/aromatic N) is 4. The molecular formula is C27H34N6O2S. The lowest BCUT2D eigenvalue weighted by Crippen LogP contribution is -2.30. The maximum absolute atomic E-state index is 12.8. The molecular weight excluding hydrogens is 472 g/mol. The molecule has 0 unspecified atom stereocenters. The minimum atomic E-state index is -0.383. The third kappa shape index (κ3) is 6.66. The van der Waals surface area contributed by atoms with Gasteiger partial charge < -0.3 is 10.1 Å². The first-order valence-corrected chi connectivity index (χ1v) is 13.4. The number of carbonyl (C=O) groups excluding carboxylic acids is 1. The van der Waals surface area contributed by atoms with Crippen LogP contribution in [0.2, 0.25) is 0 Å². The fraction of sp³-hybridized carbons (Fsp3) is 0.407. The number of amides is 1. The molecule has 0 spiro atoms. The molecule has 2 atom stereocenters. The van der Waals surface area contributed by atoms with Crippen LogP contribution in [0.1, 0.15) is 52.3 Å². The molecule has 0 radical (unpaired) electrons. The van der Waals surface area contributed by atoms with E-state index in [0.717, 1.165) is 47.9 Å². The second kappa shape index (κ2) is 12.6. The van der Waals surface area contributed by atoms with Crippen molar-refractivity contribution in [1.82, 2.24) is 20.2 Å². The lowest BCUT2D eigenvalue weighted by Gasteiger charge is -2.20. The van der Waals surface area contributed by atoms with Gasteiger partial charge in [0.1, 0.15) is 5.75 Å². The fourth-order valence-corrected chi connectivity index (χ4v) is 4.99. The van der Waals surface area contributed by atoms with E-state index in [1.54, 1.807) is 0 Å². The number of aromatic nitrogens is 3. The molecule has 9 heteroatoms. The Balaban J connectivity index is 1.47. The summed E-state index contributed by atoms with van der Waals surface area (Å²) in [7, 11) is 0. The molecule has 190 valence electrons. The molecule has 1 heterocycles. The second-order valence-electron chi connectivity index (χ2n) is 8.87. The molecule has 2 N–H and O–H groups in total. The molecule has 8 nitrogen and oxygen atoms in total. The van der Waals surface area contributed by atoms with Gasteiger partial charge in [-0.2, -0.15) is 5.10 Å². The molecule has 1 saturated carbocycles. The van der Waals surface area contributed by atoms with Gasteiger partial charge in [-0.3, -0.25) is 9.36 Å². The standard InChI is InChI=1S/C27H34N6O2S/c1-4-35-23-16-14-21(15-17-23)28-18-25-30-32-27(33(25)22-11-6-5-7-12-22)36-20(3)26(34)31-29-24-13-9-8-10-19(24)2/h5-7,11-12,14-17,19-20,28H,4,8-10,13,18H2,1-3H3,(H,31,34)/b29-24+/t19-,20+/m0/s1. The molecule has 36 heavy (non-hydrogen) atoms. The van der Waals surface area contributed by atoms with E-state index < -0.39 is 0 Å². The number of hydrogen-bond donors (Lipinski definition) is 2. The zero-order chi connectivity index (χ0) is 25.3. The smallest absolute Gasteiger partial charge is 0.253 e. The number of hydrazone groups is 1. The fourth-order valence-electron chi connectivity index (χ4n) is 4.11. The minimum absolute atomic E-state index is 0.137. The Bertz CT molecular complexity index is 1160. The van der Waals surface area contributed by atoms with E-state index in [1.807, 2.05) is 73.0 Å². The predicted molar refractivity (Wildman–Crippen MR) is 145 cm³/mol. The van der Waals surface area contributed by atoms with Gasteiger partial charge in [-0.1, -0.05) is 43.3 Å². The van der Waals surface area contributed by atoms with Gasteiger partial charge in [0.25, 0.3) is 5.91 Å². The highest BCUT2D eigenvalue weighted by molar-refractivity contribution is 8.00. The van der Waals surface area contributed by atoms with Gasteiger partial charge in [0, 0.05) is 17.1 Å². The van der Waals surface area contributed by atoms with E-state index >= 15 is 0 Å². The first kappa shape index (κ1) is 25.8. The third-order valence-corrected chi connectivity index (χ3v) is 7.22. The van der Waals surface area contributed by atoms with Crippen molar-refractivity contribution < 1.29 is 9.53 Å². The van der Waals surface area contributed by atoms with Gasteiger partial charge in [-0.25, -0.2) is 5.43 Å². The van der Waals surface area contributed by atoms with Crippen LogP contribution in [-0.2, 0) is 11.3 Å². The maximum atomic E-state index is 12.8. The van der Waals surface area contributed by atoms with Crippen molar-refractivity contribution in [3.8, 4) is 11.4 Å². The van der Waals surface area contributed by atoms with Gasteiger partial charge in [0.2, 0.25) is 0 Å². The number of anilines is 1. The average molecular weight is 507 g/mol. The van der Waals surface area contributed by atoms with Crippen LogP contribution in [0.15, 0.2) is 64.9 Å². The predicted octanol–water partition coefficient (Wildman–Crippen LogP) is 5.44. The van der Waals surface area contributed by atoms with Crippen LogP contribution >= 0.6 is 11.8 Å². The molecule has 0 aliphatic heterocycles. The van der Waals surface area contributed by atoms with Crippen LogP contribution in [0.25, 0.3) is 5.69 Å². The number of carbonyl (C=O) groups is 1. The van der Waals surface area contributed by atoms with Crippen LogP contribution in [0.3, 0.4) is 0 Å². The molecule has 1 amide bonds. The summed E-state index contributed by atoms with van der Waals surface area (Å²) in [5.74, 6) is 1.88. The molecule has 1 aliphatic carbocycles. The summed E-state index contributed by atoms with van der Waals surface area (Å²) in [6.07, 6.45) is 4.45. The second-order valence-corrected chi connectivity index (χ2v) is 10.2. The number of rotatable bonds is 10. The Kier molecular flexibility index (Phi) is 9.00. The van der Waals surface area contributed by atoms with E-state index in [0.29, 0.717) is 24.2 Å². The van der Waals surface area contributed by atoms with Gasteiger partial charge in [0.15, 0.2) is 11.0 Å². The van der Waals surface area contributed by atoms with Crippen LogP contribution in [0.4, 0.5) is 5.69 Å². The molecule has 1 aliphatic rings. The van der Waals surface area contributed by atoms with Gasteiger partial charge in [0.05, 0.1) is 18.4 Å². The normalized spacial score (nSPS) is 17.5. The summed E-state index contributed by atoms with van der Waals surface area (Å²) in [6, 6.07) is 17.8. The van der Waals surface area contributed by atoms with Crippen molar-refractivity contribution in [2.75, 3.05) is 11.9 Å². The molecule has 2 aromatic carbocycles. The summed E-state index contributed by atoms with van der Waals surface area (Å²) in [6.45, 7) is 7.12. The van der Waals surface area contributed by atoms with Crippen molar-refractivity contribution in [3.05, 3.63) is 60.4 Å². The van der Waals surface area contributed by atoms with Crippen molar-refractivity contribution >= 4 is 29.1 Å². The Hall–Kier alpha value is -3.33. The average Bonchev–Trinajstić information content (AvgIpc) is 3.30. The lowest BCUT2D eigenvalue weighted by molar-refractivity contribution is -0.120. The van der Waals surface area contributed by atoms with Crippen LogP contribution in [-0.4, -0.2) is 38.2 Å². The van der Waals surface area contributed by atoms with Gasteiger partial charge in [-0.15, -0.1) is 10.2 Å². The monoisotopic (exact) mass is 506 g/mol. The first-order valence-electron chi connectivity index (χ1n) is 12.5. The topological polar surface area (TPSA) is 93.4 Å². The summed E-state index contributed by atoms with van der Waals surface area (Å²) in [5, 5.41) is 17.0. The molecule has 4 rings (SSSR count). The van der Waals surface area contributed by atoms with Crippen molar-refractivity contribution in [2.24, 2.45) is 11.0 Å². The number of ether oxygens (including phenoxy) is 1. The van der Waals surface area contributed by atoms with Crippen LogP contribution < -0.4 is 15.5 Å². The minimum Gasteiger partial charge on any atom is -0.494 e. The Labute approximate surface area is 216 Å². The summed E-state index contributed by atoms with van der Waals surface area (Å²) in [4.78, 5) is 12.8. The Morgan fingerprint density at radius 2 is 1.94 bits per heavy atom. The van der Waals surface area contributed by atoms with Gasteiger partial charge in [-0.05, 0) is 75.4 Å². The highest BCUT2D eigenvalue weighted by atomic mass is 32.2. The van der Waals surface area contributed by atoms with Crippen molar-refractivity contribution in [2.45, 2.75) is 63.4 Å². The van der Waals surface area contributed by atoms with E-state index in [1.165, 1.54) is 18.2 Å². The van der Waals surface area contributed by atoms with E-state index in [4.69, 9.17) is 4.74 Å².